The number of hydrogen-bond acceptors (Lipinski definition) is 5. The summed E-state index contributed by atoms with van der Waals surface area (Å²) in [7, 11) is 1.41. The molecule has 1 atom stereocenters. The monoisotopic (exact) mass is 510 g/mol. The van der Waals surface area contributed by atoms with Crippen molar-refractivity contribution in [2.24, 2.45) is 5.73 Å². The molecule has 4 rings (SSSR count). The molecule has 0 saturated heterocycles. The number of thiophene rings is 1. The minimum Gasteiger partial charge on any atom is -0.383 e. The number of benzene rings is 1. The number of aliphatic hydroxyl groups is 1. The second-order valence-corrected chi connectivity index (χ2v) is 9.63. The second-order valence-electron chi connectivity index (χ2n) is 7.59. The zero-order valence-corrected chi connectivity index (χ0v) is 20.1. The molecule has 1 aliphatic rings. The number of aromatic nitrogens is 1. The maximum atomic E-state index is 12.4. The Morgan fingerprint density at radius 2 is 1.88 bits per heavy atom. The number of aliphatic hydroxyl groups excluding tert-OH is 1. The average Bonchev–Trinajstić information content (AvgIpc) is 3.46. The van der Waals surface area contributed by atoms with Gasteiger partial charge in [-0.25, -0.2) is 0 Å². The highest BCUT2D eigenvalue weighted by Crippen LogP contribution is 2.38. The maximum absolute atomic E-state index is 12.4. The van der Waals surface area contributed by atoms with E-state index in [1.807, 2.05) is 12.1 Å². The quantitative estimate of drug-likeness (QED) is 0.348. The summed E-state index contributed by atoms with van der Waals surface area (Å²) in [4.78, 5) is 36.3. The number of rotatable bonds is 6. The highest BCUT2D eigenvalue weighted by atomic mass is 35.5. The van der Waals surface area contributed by atoms with Crippen molar-refractivity contribution in [3.05, 3.63) is 56.5 Å². The molecule has 6 N–H and O–H groups in total. The van der Waals surface area contributed by atoms with Gasteiger partial charge in [0.05, 0.1) is 15.2 Å². The molecule has 1 aliphatic carbocycles. The molecule has 0 aliphatic heterocycles. The highest BCUT2D eigenvalue weighted by molar-refractivity contribution is 7.23. The van der Waals surface area contributed by atoms with Gasteiger partial charge in [0.1, 0.15) is 16.1 Å². The van der Waals surface area contributed by atoms with Gasteiger partial charge in [0.2, 0.25) is 11.8 Å². The second kappa shape index (κ2) is 11.0. The molecule has 0 saturated carbocycles. The minimum atomic E-state index is -1.13. The molecule has 0 fully saturated rings. The Labute approximate surface area is 204 Å². The number of likely N-dealkylation sites (N-methyl/N-ethyl adjacent to an activating group) is 1. The van der Waals surface area contributed by atoms with E-state index in [0.29, 0.717) is 15.1 Å². The molecule has 11 heteroatoms. The summed E-state index contributed by atoms with van der Waals surface area (Å²) in [5.74, 6) is -1.12. The van der Waals surface area contributed by atoms with Crippen molar-refractivity contribution >= 4 is 62.5 Å². The number of carbonyl (C=O) groups excluding carboxylic acids is 3. The third-order valence-corrected chi connectivity index (χ3v) is 7.15. The molecule has 3 aromatic rings. The number of hydrogen-bond donors (Lipinski definition) is 5. The Kier molecular flexibility index (Phi) is 8.36. The number of H-pyrrole nitrogens is 1. The summed E-state index contributed by atoms with van der Waals surface area (Å²) in [5, 5.41) is 14.8. The van der Waals surface area contributed by atoms with E-state index in [1.54, 1.807) is 6.07 Å². The summed E-state index contributed by atoms with van der Waals surface area (Å²) >= 11 is 13.5. The molecule has 8 nitrogen and oxygen atoms in total. The Morgan fingerprint density at radius 3 is 2.42 bits per heavy atom. The van der Waals surface area contributed by atoms with Crippen LogP contribution in [0.5, 0.6) is 0 Å². The number of nitrogens with one attached hydrogen (secondary N) is 3. The lowest BCUT2D eigenvalue weighted by Gasteiger charge is -2.10. The normalized spacial score (nSPS) is 13.7. The van der Waals surface area contributed by atoms with Crippen molar-refractivity contribution in [1.82, 2.24) is 15.6 Å². The number of halogens is 2. The van der Waals surface area contributed by atoms with Gasteiger partial charge < -0.3 is 26.5 Å². The molecular weight excluding hydrogens is 487 g/mol. The van der Waals surface area contributed by atoms with Gasteiger partial charge in [-0.05, 0) is 36.5 Å². The molecule has 0 spiro atoms. The van der Waals surface area contributed by atoms with E-state index in [-0.39, 0.29) is 24.8 Å². The van der Waals surface area contributed by atoms with Crippen LogP contribution in [0.15, 0.2) is 30.3 Å². The lowest BCUT2D eigenvalue weighted by Crippen LogP contribution is -2.35. The van der Waals surface area contributed by atoms with Gasteiger partial charge in [-0.1, -0.05) is 47.5 Å². The number of carbonyl (C=O) groups is 3. The molecule has 1 aromatic carbocycles. The van der Waals surface area contributed by atoms with Crippen LogP contribution in [0.4, 0.5) is 0 Å². The largest absolute Gasteiger partial charge is 0.383 e. The fourth-order valence-corrected chi connectivity index (χ4v) is 5.02. The van der Waals surface area contributed by atoms with E-state index < -0.39 is 17.9 Å². The van der Waals surface area contributed by atoms with Gasteiger partial charge in [-0.15, -0.1) is 11.3 Å². The van der Waals surface area contributed by atoms with Crippen LogP contribution in [0, 0.1) is 0 Å². The molecule has 2 aromatic heterocycles. The summed E-state index contributed by atoms with van der Waals surface area (Å²) in [6.07, 6.45) is 0.726. The van der Waals surface area contributed by atoms with Crippen molar-refractivity contribution < 1.29 is 19.5 Å². The standard InChI is InChI=1S/C16H12Cl2N2OS.C6H12N2O3/c17-13-14-12(22-15(13)18)7-11(20-14)16(21)19-10-5-8-3-1-2-4-9(8)6-10;1-8-6(11)4(9)2-3-5(7)10/h1-4,7,10,20H,5-6H2,(H,19,21);4,9H,2-3H2,1H3,(H2,7,10)(H,8,11)/t;4-/m.0/s1. The Morgan fingerprint density at radius 1 is 1.24 bits per heavy atom. The van der Waals surface area contributed by atoms with E-state index in [1.165, 1.54) is 29.5 Å². The third kappa shape index (κ3) is 6.26. The molecule has 0 unspecified atom stereocenters. The fourth-order valence-electron chi connectivity index (χ4n) is 3.54. The number of nitrogens with two attached hydrogens (primary N) is 1. The van der Waals surface area contributed by atoms with Crippen molar-refractivity contribution in [3.8, 4) is 0 Å². The molecule has 176 valence electrons. The van der Waals surface area contributed by atoms with Crippen molar-refractivity contribution in [3.63, 3.8) is 0 Å². The van der Waals surface area contributed by atoms with Gasteiger partial charge in [0, 0.05) is 19.5 Å². The van der Waals surface area contributed by atoms with E-state index in [0.717, 1.165) is 23.1 Å². The lowest BCUT2D eigenvalue weighted by atomic mass is 10.1. The SMILES string of the molecule is CNC(=O)[C@@H](O)CCC(N)=O.O=C(NC1Cc2ccccc2C1)c1cc2sc(Cl)c(Cl)c2[nH]1. The molecule has 0 bridgehead atoms. The van der Waals surface area contributed by atoms with Gasteiger partial charge in [0.25, 0.3) is 5.91 Å². The van der Waals surface area contributed by atoms with Crippen molar-refractivity contribution in [2.45, 2.75) is 37.8 Å². The fraction of sp³-hybridized carbons (Fsp3) is 0.318. The summed E-state index contributed by atoms with van der Waals surface area (Å²) in [6, 6.07) is 10.3. The van der Waals surface area contributed by atoms with E-state index in [4.69, 9.17) is 34.0 Å². The Hall–Kier alpha value is -2.59. The first-order valence-corrected chi connectivity index (χ1v) is 11.8. The number of primary amides is 1. The predicted octanol–water partition coefficient (Wildman–Crippen LogP) is 2.79. The topological polar surface area (TPSA) is 137 Å². The van der Waals surface area contributed by atoms with Gasteiger partial charge >= 0.3 is 0 Å². The predicted molar refractivity (Wildman–Crippen MR) is 130 cm³/mol. The molecule has 33 heavy (non-hydrogen) atoms. The maximum Gasteiger partial charge on any atom is 0.267 e. The van der Waals surface area contributed by atoms with Crippen LogP contribution in [0.3, 0.4) is 0 Å². The van der Waals surface area contributed by atoms with Crippen LogP contribution in [0.25, 0.3) is 10.2 Å². The van der Waals surface area contributed by atoms with Gasteiger partial charge in [-0.3, -0.25) is 14.4 Å². The number of amides is 3. The van der Waals surface area contributed by atoms with Gasteiger partial charge in [-0.2, -0.15) is 0 Å². The highest BCUT2D eigenvalue weighted by Gasteiger charge is 2.24. The first-order valence-electron chi connectivity index (χ1n) is 10.2. The first-order chi connectivity index (χ1) is 15.7. The zero-order chi connectivity index (χ0) is 24.1. The Bertz CT molecular complexity index is 1150. The van der Waals surface area contributed by atoms with Crippen molar-refractivity contribution in [1.29, 1.82) is 0 Å². The number of fused-ring (bicyclic) bond motifs is 2. The number of aromatic amines is 1. The molecule has 2 heterocycles. The summed E-state index contributed by atoms with van der Waals surface area (Å²) in [6.45, 7) is 0. The van der Waals surface area contributed by atoms with Crippen LogP contribution >= 0.6 is 34.5 Å². The Balaban J connectivity index is 0.000000239. The van der Waals surface area contributed by atoms with E-state index in [9.17, 15) is 14.4 Å². The van der Waals surface area contributed by atoms with Crippen LogP contribution in [-0.2, 0) is 22.4 Å². The molecule has 0 radical (unpaired) electrons. The molecular formula is C22H24Cl2N4O4S. The van der Waals surface area contributed by atoms with Crippen LogP contribution in [0.1, 0.15) is 34.5 Å². The van der Waals surface area contributed by atoms with Gasteiger partial charge in [0.15, 0.2) is 0 Å². The average molecular weight is 511 g/mol. The van der Waals surface area contributed by atoms with E-state index >= 15 is 0 Å². The summed E-state index contributed by atoms with van der Waals surface area (Å²) in [5.41, 5.74) is 8.69. The zero-order valence-electron chi connectivity index (χ0n) is 17.8. The van der Waals surface area contributed by atoms with E-state index in [2.05, 4.69) is 27.8 Å². The lowest BCUT2D eigenvalue weighted by molar-refractivity contribution is -0.129. The van der Waals surface area contributed by atoms with Crippen molar-refractivity contribution in [2.75, 3.05) is 7.05 Å². The smallest absolute Gasteiger partial charge is 0.267 e. The van der Waals surface area contributed by atoms with Crippen LogP contribution in [-0.4, -0.2) is 47.0 Å². The summed E-state index contributed by atoms with van der Waals surface area (Å²) < 4.78 is 1.44. The van der Waals surface area contributed by atoms with Crippen LogP contribution < -0.4 is 16.4 Å². The molecule has 3 amide bonds. The third-order valence-electron chi connectivity index (χ3n) is 5.22. The minimum absolute atomic E-state index is 0.0224. The first kappa shape index (κ1) is 25.0. The van der Waals surface area contributed by atoms with Crippen LogP contribution in [0.2, 0.25) is 9.36 Å².